The van der Waals surface area contributed by atoms with Crippen LogP contribution in [0.2, 0.25) is 5.02 Å². The van der Waals surface area contributed by atoms with Crippen LogP contribution in [0.15, 0.2) is 66.7 Å². The largest absolute Gasteiger partial charge is 0.348 e. The van der Waals surface area contributed by atoms with E-state index in [2.05, 4.69) is 29.0 Å². The van der Waals surface area contributed by atoms with Gasteiger partial charge in [0.15, 0.2) is 0 Å². The highest BCUT2D eigenvalue weighted by Gasteiger charge is 2.13. The molecule has 0 atom stereocenters. The highest BCUT2D eigenvalue weighted by molar-refractivity contribution is 6.30. The SMILES string of the molecule is Cc1cc(Nc2cccc(Cl)c2)nc2ccc(NC(=O)c3ccc4c(c3)c(C)c(C)n4C)cc12. The number of carbonyl (C=O) groups is 1. The van der Waals surface area contributed by atoms with Crippen molar-refractivity contribution in [2.45, 2.75) is 20.8 Å². The molecule has 6 heteroatoms. The van der Waals surface area contributed by atoms with Gasteiger partial charge < -0.3 is 15.2 Å². The fourth-order valence-electron chi connectivity index (χ4n) is 4.35. The van der Waals surface area contributed by atoms with Gasteiger partial charge in [-0.15, -0.1) is 0 Å². The first-order chi connectivity index (χ1) is 16.3. The summed E-state index contributed by atoms with van der Waals surface area (Å²) < 4.78 is 2.15. The number of pyridine rings is 1. The van der Waals surface area contributed by atoms with E-state index in [1.54, 1.807) is 0 Å². The van der Waals surface area contributed by atoms with Gasteiger partial charge in [-0.3, -0.25) is 4.79 Å². The van der Waals surface area contributed by atoms with Crippen molar-refractivity contribution in [3.05, 3.63) is 94.1 Å². The standard InChI is InChI=1S/C28H25ClN4O/c1-16-12-27(30-21-7-5-6-20(29)14-21)32-25-10-9-22(15-23(16)25)31-28(34)19-8-11-26-24(13-19)17(2)18(3)33(26)4/h5-15H,1-4H3,(H,30,32)(H,31,34). The van der Waals surface area contributed by atoms with E-state index < -0.39 is 0 Å². The smallest absolute Gasteiger partial charge is 0.255 e. The summed E-state index contributed by atoms with van der Waals surface area (Å²) in [6, 6.07) is 21.1. The van der Waals surface area contributed by atoms with Crippen molar-refractivity contribution in [3.63, 3.8) is 0 Å². The minimum absolute atomic E-state index is 0.132. The first-order valence-corrected chi connectivity index (χ1v) is 11.5. The summed E-state index contributed by atoms with van der Waals surface area (Å²) in [7, 11) is 2.05. The summed E-state index contributed by atoms with van der Waals surface area (Å²) in [5, 5.41) is 9.10. The number of carbonyl (C=O) groups excluding carboxylic acids is 1. The Balaban J connectivity index is 1.41. The molecule has 5 nitrogen and oxygen atoms in total. The number of fused-ring (bicyclic) bond motifs is 2. The number of amides is 1. The van der Waals surface area contributed by atoms with Crippen molar-refractivity contribution in [2.24, 2.45) is 7.05 Å². The minimum atomic E-state index is -0.132. The van der Waals surface area contributed by atoms with Gasteiger partial charge in [0, 0.05) is 51.0 Å². The molecule has 0 saturated heterocycles. The maximum Gasteiger partial charge on any atom is 0.255 e. The van der Waals surface area contributed by atoms with Gasteiger partial charge in [0.1, 0.15) is 5.82 Å². The molecule has 1 amide bonds. The predicted octanol–water partition coefficient (Wildman–Crippen LogP) is 7.30. The van der Waals surface area contributed by atoms with E-state index in [1.807, 2.05) is 80.7 Å². The first kappa shape index (κ1) is 22.0. The molecule has 0 aliphatic heterocycles. The van der Waals surface area contributed by atoms with Crippen molar-refractivity contribution in [1.82, 2.24) is 9.55 Å². The zero-order valence-electron chi connectivity index (χ0n) is 19.5. The fourth-order valence-corrected chi connectivity index (χ4v) is 4.54. The molecule has 170 valence electrons. The van der Waals surface area contributed by atoms with Crippen LogP contribution in [0.3, 0.4) is 0 Å². The molecule has 0 spiro atoms. The summed E-state index contributed by atoms with van der Waals surface area (Å²) in [5.41, 5.74) is 7.68. The second kappa shape index (κ2) is 8.50. The van der Waals surface area contributed by atoms with Crippen molar-refractivity contribution in [1.29, 1.82) is 0 Å². The van der Waals surface area contributed by atoms with Crippen LogP contribution >= 0.6 is 11.6 Å². The third kappa shape index (κ3) is 3.99. The van der Waals surface area contributed by atoms with Crippen molar-refractivity contribution in [2.75, 3.05) is 10.6 Å². The normalized spacial score (nSPS) is 11.2. The molecular formula is C28H25ClN4O. The van der Waals surface area contributed by atoms with Gasteiger partial charge in [-0.25, -0.2) is 4.98 Å². The molecule has 0 aliphatic rings. The van der Waals surface area contributed by atoms with E-state index in [0.717, 1.165) is 44.6 Å². The number of nitrogens with one attached hydrogen (secondary N) is 2. The fraction of sp³-hybridized carbons (Fsp3) is 0.143. The molecule has 0 bridgehead atoms. The summed E-state index contributed by atoms with van der Waals surface area (Å²) in [6.45, 7) is 6.22. The molecule has 0 radical (unpaired) electrons. The number of rotatable bonds is 4. The Kier molecular flexibility index (Phi) is 5.50. The van der Waals surface area contributed by atoms with E-state index in [-0.39, 0.29) is 5.91 Å². The molecule has 2 aromatic heterocycles. The number of nitrogens with zero attached hydrogens (tertiary/aromatic N) is 2. The van der Waals surface area contributed by atoms with Gasteiger partial charge in [0.2, 0.25) is 0 Å². The van der Waals surface area contributed by atoms with Crippen molar-refractivity contribution < 1.29 is 4.79 Å². The topological polar surface area (TPSA) is 59.0 Å². The van der Waals surface area contributed by atoms with Crippen LogP contribution in [0.25, 0.3) is 21.8 Å². The van der Waals surface area contributed by atoms with E-state index in [9.17, 15) is 4.79 Å². The Morgan fingerprint density at radius 1 is 0.912 bits per heavy atom. The average molecular weight is 469 g/mol. The number of aromatic nitrogens is 2. The summed E-state index contributed by atoms with van der Waals surface area (Å²) in [5.74, 6) is 0.609. The molecule has 3 aromatic carbocycles. The van der Waals surface area contributed by atoms with Gasteiger partial charge in [-0.1, -0.05) is 17.7 Å². The molecule has 0 unspecified atom stereocenters. The molecule has 5 aromatic rings. The van der Waals surface area contributed by atoms with Gasteiger partial charge in [-0.05, 0) is 92.6 Å². The maximum absolute atomic E-state index is 13.0. The van der Waals surface area contributed by atoms with Crippen LogP contribution in [0.4, 0.5) is 17.2 Å². The third-order valence-electron chi connectivity index (χ3n) is 6.44. The first-order valence-electron chi connectivity index (χ1n) is 11.1. The lowest BCUT2D eigenvalue weighted by molar-refractivity contribution is 0.102. The average Bonchev–Trinajstić information content (AvgIpc) is 3.03. The van der Waals surface area contributed by atoms with Crippen LogP contribution in [0.5, 0.6) is 0 Å². The highest BCUT2D eigenvalue weighted by atomic mass is 35.5. The number of aryl methyl sites for hydroxylation is 3. The molecular weight excluding hydrogens is 444 g/mol. The lowest BCUT2D eigenvalue weighted by Gasteiger charge is -2.11. The van der Waals surface area contributed by atoms with Crippen LogP contribution in [0, 0.1) is 20.8 Å². The van der Waals surface area contributed by atoms with Gasteiger partial charge in [-0.2, -0.15) is 0 Å². The molecule has 5 rings (SSSR count). The highest BCUT2D eigenvalue weighted by Crippen LogP contribution is 2.28. The number of halogens is 1. The third-order valence-corrected chi connectivity index (χ3v) is 6.68. The summed E-state index contributed by atoms with van der Waals surface area (Å²) in [6.07, 6.45) is 0. The lowest BCUT2D eigenvalue weighted by atomic mass is 10.1. The van der Waals surface area contributed by atoms with Gasteiger partial charge in [0.25, 0.3) is 5.91 Å². The monoisotopic (exact) mass is 468 g/mol. The molecule has 2 heterocycles. The summed E-state index contributed by atoms with van der Waals surface area (Å²) >= 11 is 6.09. The van der Waals surface area contributed by atoms with E-state index in [1.165, 1.54) is 11.3 Å². The van der Waals surface area contributed by atoms with Gasteiger partial charge >= 0.3 is 0 Å². The quantitative estimate of drug-likeness (QED) is 0.291. The van der Waals surface area contributed by atoms with Crippen LogP contribution in [0.1, 0.15) is 27.2 Å². The zero-order chi connectivity index (χ0) is 24.0. The second-order valence-electron chi connectivity index (χ2n) is 8.65. The molecule has 2 N–H and O–H groups in total. The molecule has 0 fully saturated rings. The Hall–Kier alpha value is -3.83. The minimum Gasteiger partial charge on any atom is -0.348 e. The number of hydrogen-bond acceptors (Lipinski definition) is 3. The number of benzene rings is 3. The Morgan fingerprint density at radius 3 is 2.53 bits per heavy atom. The lowest BCUT2D eigenvalue weighted by Crippen LogP contribution is -2.11. The molecule has 0 aliphatic carbocycles. The molecule has 34 heavy (non-hydrogen) atoms. The van der Waals surface area contributed by atoms with Crippen LogP contribution < -0.4 is 10.6 Å². The van der Waals surface area contributed by atoms with E-state index in [4.69, 9.17) is 16.6 Å². The maximum atomic E-state index is 13.0. The van der Waals surface area contributed by atoms with Crippen LogP contribution in [-0.4, -0.2) is 15.5 Å². The summed E-state index contributed by atoms with van der Waals surface area (Å²) in [4.78, 5) is 17.7. The second-order valence-corrected chi connectivity index (χ2v) is 9.08. The van der Waals surface area contributed by atoms with Crippen molar-refractivity contribution in [3.8, 4) is 0 Å². The predicted molar refractivity (Wildman–Crippen MR) is 142 cm³/mol. The van der Waals surface area contributed by atoms with E-state index >= 15 is 0 Å². The Morgan fingerprint density at radius 2 is 1.74 bits per heavy atom. The van der Waals surface area contributed by atoms with E-state index in [0.29, 0.717) is 10.6 Å². The zero-order valence-corrected chi connectivity index (χ0v) is 20.3. The van der Waals surface area contributed by atoms with Crippen LogP contribution in [-0.2, 0) is 7.05 Å². The molecule has 0 saturated carbocycles. The van der Waals surface area contributed by atoms with Gasteiger partial charge in [0.05, 0.1) is 5.52 Å². The Bertz CT molecular complexity index is 1590. The Labute approximate surface area is 203 Å². The number of anilines is 3. The van der Waals surface area contributed by atoms with Crippen molar-refractivity contribution >= 4 is 56.5 Å². The number of hydrogen-bond donors (Lipinski definition) is 2.